The number of nitrogens with one attached hydrogen (secondary N) is 1. The van der Waals surface area contributed by atoms with Gasteiger partial charge in [0.1, 0.15) is 0 Å². The van der Waals surface area contributed by atoms with E-state index in [4.69, 9.17) is 5.73 Å². The average Bonchev–Trinajstić information content (AvgIpc) is 2.63. The van der Waals surface area contributed by atoms with Gasteiger partial charge in [-0.25, -0.2) is 0 Å². The molecule has 0 aromatic rings. The van der Waals surface area contributed by atoms with E-state index in [-0.39, 0.29) is 11.3 Å². The maximum atomic E-state index is 11.7. The predicted octanol–water partition coefficient (Wildman–Crippen LogP) is 1.23. The molecule has 1 aliphatic rings. The number of rotatable bonds is 3. The van der Waals surface area contributed by atoms with Crippen LogP contribution in [0.2, 0.25) is 0 Å². The van der Waals surface area contributed by atoms with Crippen LogP contribution < -0.4 is 11.1 Å². The molecular formula is C11H22N2OS. The quantitative estimate of drug-likeness (QED) is 0.767. The summed E-state index contributed by atoms with van der Waals surface area (Å²) in [5, 5.41) is 2.95. The van der Waals surface area contributed by atoms with Crippen molar-refractivity contribution in [2.24, 2.45) is 17.1 Å². The Balaban J connectivity index is 2.29. The number of amides is 1. The molecular weight excluding hydrogens is 208 g/mol. The van der Waals surface area contributed by atoms with Crippen molar-refractivity contribution >= 4 is 17.7 Å². The van der Waals surface area contributed by atoms with E-state index in [1.54, 1.807) is 0 Å². The maximum Gasteiger partial charge on any atom is 0.237 e. The molecule has 0 aliphatic carbocycles. The monoisotopic (exact) mass is 230 g/mol. The summed E-state index contributed by atoms with van der Waals surface area (Å²) in [5.41, 5.74) is 5.70. The van der Waals surface area contributed by atoms with Gasteiger partial charge in [-0.3, -0.25) is 4.79 Å². The Morgan fingerprint density at radius 1 is 1.60 bits per heavy atom. The molecule has 1 aliphatic heterocycles. The van der Waals surface area contributed by atoms with E-state index in [1.807, 2.05) is 32.5 Å². The summed E-state index contributed by atoms with van der Waals surface area (Å²) in [6, 6.07) is -0.411. The standard InChI is InChI=1S/C11H22N2OS/c1-11(2,3)9(12)10(14)13-6-8-4-5-15-7-8/h8-9H,4-7,12H2,1-3H3,(H,13,14)/t8?,9-/m1/s1. The van der Waals surface area contributed by atoms with Crippen molar-refractivity contribution in [1.29, 1.82) is 0 Å². The van der Waals surface area contributed by atoms with Gasteiger partial charge in [0.25, 0.3) is 0 Å². The highest BCUT2D eigenvalue weighted by Gasteiger charge is 2.27. The Morgan fingerprint density at radius 3 is 2.73 bits per heavy atom. The fraction of sp³-hybridized carbons (Fsp3) is 0.909. The molecule has 1 fully saturated rings. The Labute approximate surface area is 96.6 Å². The lowest BCUT2D eigenvalue weighted by Gasteiger charge is -2.26. The minimum Gasteiger partial charge on any atom is -0.354 e. The van der Waals surface area contributed by atoms with Crippen molar-refractivity contribution in [2.75, 3.05) is 18.1 Å². The second kappa shape index (κ2) is 5.21. The summed E-state index contributed by atoms with van der Waals surface area (Å²) in [6.45, 7) is 6.75. The Bertz CT molecular complexity index is 219. The lowest BCUT2D eigenvalue weighted by atomic mass is 9.87. The normalized spacial score (nSPS) is 23.9. The van der Waals surface area contributed by atoms with E-state index in [0.717, 1.165) is 6.54 Å². The van der Waals surface area contributed by atoms with Crippen molar-refractivity contribution in [3.8, 4) is 0 Å². The summed E-state index contributed by atoms with van der Waals surface area (Å²) in [4.78, 5) is 11.7. The molecule has 3 nitrogen and oxygen atoms in total. The number of hydrogen-bond donors (Lipinski definition) is 2. The van der Waals surface area contributed by atoms with Crippen molar-refractivity contribution in [3.05, 3.63) is 0 Å². The van der Waals surface area contributed by atoms with Gasteiger partial charge in [-0.05, 0) is 29.3 Å². The van der Waals surface area contributed by atoms with Crippen molar-refractivity contribution in [3.63, 3.8) is 0 Å². The molecule has 1 saturated heterocycles. The zero-order valence-electron chi connectivity index (χ0n) is 9.88. The van der Waals surface area contributed by atoms with Crippen LogP contribution in [0.1, 0.15) is 27.2 Å². The fourth-order valence-corrected chi connectivity index (χ4v) is 2.78. The van der Waals surface area contributed by atoms with Crippen molar-refractivity contribution in [2.45, 2.75) is 33.2 Å². The van der Waals surface area contributed by atoms with E-state index in [1.165, 1.54) is 17.9 Å². The third-order valence-electron chi connectivity index (χ3n) is 2.80. The SMILES string of the molecule is CC(C)(C)[C@H](N)C(=O)NCC1CCSC1. The minimum absolute atomic E-state index is 0.0144. The molecule has 0 aromatic heterocycles. The van der Waals surface area contributed by atoms with Crippen LogP contribution in [0.3, 0.4) is 0 Å². The Hall–Kier alpha value is -0.220. The van der Waals surface area contributed by atoms with Gasteiger partial charge >= 0.3 is 0 Å². The summed E-state index contributed by atoms with van der Waals surface area (Å²) >= 11 is 1.97. The molecule has 2 atom stereocenters. The molecule has 15 heavy (non-hydrogen) atoms. The number of thioether (sulfide) groups is 1. The molecule has 0 saturated carbocycles. The molecule has 1 unspecified atom stereocenters. The first kappa shape index (κ1) is 12.8. The summed E-state index contributed by atoms with van der Waals surface area (Å²) in [5.74, 6) is 3.03. The lowest BCUT2D eigenvalue weighted by Crippen LogP contribution is -2.49. The second-order valence-corrected chi connectivity index (χ2v) is 6.47. The summed E-state index contributed by atoms with van der Waals surface area (Å²) in [7, 11) is 0. The van der Waals surface area contributed by atoms with Gasteiger partial charge in [-0.2, -0.15) is 11.8 Å². The molecule has 1 rings (SSSR count). The first-order chi connectivity index (χ1) is 6.91. The van der Waals surface area contributed by atoms with Gasteiger partial charge in [0.05, 0.1) is 6.04 Å². The molecule has 0 aromatic carbocycles. The van der Waals surface area contributed by atoms with Gasteiger partial charge in [0.2, 0.25) is 5.91 Å². The third-order valence-corrected chi connectivity index (χ3v) is 4.04. The second-order valence-electron chi connectivity index (χ2n) is 5.32. The van der Waals surface area contributed by atoms with Crippen LogP contribution in [-0.2, 0) is 4.79 Å². The molecule has 0 spiro atoms. The van der Waals surface area contributed by atoms with Crippen LogP contribution in [0, 0.1) is 11.3 Å². The highest BCUT2D eigenvalue weighted by molar-refractivity contribution is 7.99. The maximum absolute atomic E-state index is 11.7. The molecule has 3 N–H and O–H groups in total. The van der Waals surface area contributed by atoms with Crippen LogP contribution in [0.5, 0.6) is 0 Å². The number of carbonyl (C=O) groups excluding carboxylic acids is 1. The minimum atomic E-state index is -0.411. The van der Waals surface area contributed by atoms with Crippen molar-refractivity contribution in [1.82, 2.24) is 5.32 Å². The van der Waals surface area contributed by atoms with Gasteiger partial charge in [-0.15, -0.1) is 0 Å². The topological polar surface area (TPSA) is 55.1 Å². The van der Waals surface area contributed by atoms with Gasteiger partial charge in [0.15, 0.2) is 0 Å². The lowest BCUT2D eigenvalue weighted by molar-refractivity contribution is -0.124. The highest BCUT2D eigenvalue weighted by atomic mass is 32.2. The Morgan fingerprint density at radius 2 is 2.27 bits per heavy atom. The zero-order chi connectivity index (χ0) is 11.5. The van der Waals surface area contributed by atoms with E-state index < -0.39 is 6.04 Å². The van der Waals surface area contributed by atoms with Crippen LogP contribution in [-0.4, -0.2) is 30.0 Å². The number of carbonyl (C=O) groups is 1. The van der Waals surface area contributed by atoms with E-state index >= 15 is 0 Å². The molecule has 1 amide bonds. The number of nitrogens with two attached hydrogens (primary N) is 1. The van der Waals surface area contributed by atoms with Crippen LogP contribution >= 0.6 is 11.8 Å². The largest absolute Gasteiger partial charge is 0.354 e. The van der Waals surface area contributed by atoms with Gasteiger partial charge in [0, 0.05) is 6.54 Å². The molecule has 4 heteroatoms. The smallest absolute Gasteiger partial charge is 0.237 e. The molecule has 88 valence electrons. The van der Waals surface area contributed by atoms with Crippen LogP contribution in [0.25, 0.3) is 0 Å². The molecule has 0 radical (unpaired) electrons. The van der Waals surface area contributed by atoms with Gasteiger partial charge in [-0.1, -0.05) is 20.8 Å². The first-order valence-corrected chi connectivity index (χ1v) is 6.68. The highest BCUT2D eigenvalue weighted by Crippen LogP contribution is 2.23. The summed E-state index contributed by atoms with van der Waals surface area (Å²) < 4.78 is 0. The van der Waals surface area contributed by atoms with Crippen LogP contribution in [0.15, 0.2) is 0 Å². The van der Waals surface area contributed by atoms with Gasteiger partial charge < -0.3 is 11.1 Å². The van der Waals surface area contributed by atoms with Crippen LogP contribution in [0.4, 0.5) is 0 Å². The molecule has 1 heterocycles. The first-order valence-electron chi connectivity index (χ1n) is 5.52. The predicted molar refractivity (Wildman–Crippen MR) is 65.9 cm³/mol. The fourth-order valence-electron chi connectivity index (χ4n) is 1.49. The van der Waals surface area contributed by atoms with E-state index in [9.17, 15) is 4.79 Å². The van der Waals surface area contributed by atoms with E-state index in [0.29, 0.717) is 5.92 Å². The molecule has 0 bridgehead atoms. The zero-order valence-corrected chi connectivity index (χ0v) is 10.7. The number of hydrogen-bond acceptors (Lipinski definition) is 3. The summed E-state index contributed by atoms with van der Waals surface area (Å²) in [6.07, 6.45) is 1.22. The average molecular weight is 230 g/mol. The third kappa shape index (κ3) is 4.03. The Kier molecular flexibility index (Phi) is 4.46. The van der Waals surface area contributed by atoms with E-state index in [2.05, 4.69) is 5.32 Å². The van der Waals surface area contributed by atoms with Crippen molar-refractivity contribution < 1.29 is 4.79 Å².